The monoisotopic (exact) mass is 481 g/mol. The van der Waals surface area contributed by atoms with Crippen LogP contribution in [0.5, 0.6) is 0 Å². The van der Waals surface area contributed by atoms with Crippen LogP contribution in [0, 0.1) is 11.3 Å². The molecular weight excluding hydrogens is 458 g/mol. The van der Waals surface area contributed by atoms with E-state index in [0.29, 0.717) is 29.7 Å². The maximum Gasteiger partial charge on any atom is 0.280 e. The molecule has 5 N–H and O–H groups in total. The summed E-state index contributed by atoms with van der Waals surface area (Å²) < 4.78 is 0. The van der Waals surface area contributed by atoms with Crippen LogP contribution in [0.1, 0.15) is 32.8 Å². The highest BCUT2D eigenvalue weighted by Gasteiger charge is 2.21. The van der Waals surface area contributed by atoms with E-state index >= 15 is 0 Å². The van der Waals surface area contributed by atoms with E-state index in [-0.39, 0.29) is 34.6 Å². The number of nitrogens with zero attached hydrogens (tertiary/aromatic N) is 5. The summed E-state index contributed by atoms with van der Waals surface area (Å²) in [4.78, 5) is 43.5. The molecule has 36 heavy (non-hydrogen) atoms. The number of nitrogen functional groups attached to an aromatic ring is 1. The Hall–Kier alpha value is -4.82. The molecule has 1 fully saturated rings. The molecule has 0 bridgehead atoms. The lowest BCUT2D eigenvalue weighted by molar-refractivity contribution is 0.0766. The molecule has 0 spiro atoms. The third-order valence-electron chi connectivity index (χ3n) is 5.93. The van der Waals surface area contributed by atoms with Gasteiger partial charge in [-0.25, -0.2) is 15.0 Å². The lowest BCUT2D eigenvalue weighted by Crippen LogP contribution is -2.34. The summed E-state index contributed by atoms with van der Waals surface area (Å²) in [6.45, 7) is 2.86. The van der Waals surface area contributed by atoms with Crippen LogP contribution in [0.2, 0.25) is 0 Å². The Morgan fingerprint density at radius 2 is 1.97 bits per heavy atom. The Balaban J connectivity index is 1.41. The minimum absolute atomic E-state index is 0.0626. The standard InChI is InChI=1S/C25H23N9O2/c26-13-16-12-15(24(36)34-10-3-8-28-9-11-34)6-7-17(16)20-14-29-22(27)21(30-20)23(35)33-25-31-18-4-1-2-5-19(18)32-25/h1-2,4-7,12,14,28H,3,8-11H2,(H2,27,29)(H2,31,32,33,35). The maximum atomic E-state index is 13.0. The predicted octanol–water partition coefficient (Wildman–Crippen LogP) is 2.16. The summed E-state index contributed by atoms with van der Waals surface area (Å²) in [5, 5.41) is 15.7. The molecular formula is C25H23N9O2. The zero-order valence-electron chi connectivity index (χ0n) is 19.3. The lowest BCUT2D eigenvalue weighted by Gasteiger charge is -2.20. The number of carbonyl (C=O) groups is 2. The number of rotatable bonds is 4. The van der Waals surface area contributed by atoms with Gasteiger partial charge in [0.05, 0.1) is 34.6 Å². The third-order valence-corrected chi connectivity index (χ3v) is 5.93. The number of benzene rings is 2. The van der Waals surface area contributed by atoms with Crippen LogP contribution in [0.15, 0.2) is 48.7 Å². The van der Waals surface area contributed by atoms with Gasteiger partial charge in [0.25, 0.3) is 11.8 Å². The molecule has 4 aromatic rings. The summed E-state index contributed by atoms with van der Waals surface area (Å²) >= 11 is 0. The van der Waals surface area contributed by atoms with Crippen molar-refractivity contribution in [1.82, 2.24) is 30.2 Å². The first kappa shape index (κ1) is 22.9. The van der Waals surface area contributed by atoms with Crippen molar-refractivity contribution in [3.8, 4) is 17.3 Å². The van der Waals surface area contributed by atoms with E-state index in [1.54, 1.807) is 23.1 Å². The first-order valence-corrected chi connectivity index (χ1v) is 11.5. The van der Waals surface area contributed by atoms with Crippen molar-refractivity contribution >= 4 is 34.6 Å². The average molecular weight is 482 g/mol. The van der Waals surface area contributed by atoms with Crippen molar-refractivity contribution < 1.29 is 9.59 Å². The van der Waals surface area contributed by atoms with Crippen LogP contribution in [-0.4, -0.2) is 62.8 Å². The highest BCUT2D eigenvalue weighted by Crippen LogP contribution is 2.25. The van der Waals surface area contributed by atoms with Gasteiger partial charge < -0.3 is 20.9 Å². The SMILES string of the molecule is N#Cc1cc(C(=O)N2CCCNCC2)ccc1-c1cnc(N)c(C(=O)Nc2nc3ccccc3[nH]2)n1. The fraction of sp³-hybridized carbons (Fsp3) is 0.200. The van der Waals surface area contributed by atoms with E-state index in [1.807, 2.05) is 24.3 Å². The number of hydrogen-bond acceptors (Lipinski definition) is 8. The summed E-state index contributed by atoms with van der Waals surface area (Å²) in [6, 6.07) is 14.3. The summed E-state index contributed by atoms with van der Waals surface area (Å²) in [5.41, 5.74) is 8.70. The highest BCUT2D eigenvalue weighted by molar-refractivity contribution is 6.05. The molecule has 0 unspecified atom stereocenters. The Labute approximate surface area is 206 Å². The maximum absolute atomic E-state index is 13.0. The number of nitrogens with two attached hydrogens (primary N) is 1. The van der Waals surface area contributed by atoms with E-state index < -0.39 is 5.91 Å². The molecule has 1 aliphatic heterocycles. The fourth-order valence-corrected chi connectivity index (χ4v) is 4.10. The second kappa shape index (κ2) is 9.81. The van der Waals surface area contributed by atoms with E-state index in [9.17, 15) is 14.9 Å². The minimum Gasteiger partial charge on any atom is -0.382 e. The van der Waals surface area contributed by atoms with Gasteiger partial charge in [-0.05, 0) is 37.2 Å². The molecule has 180 valence electrons. The largest absolute Gasteiger partial charge is 0.382 e. The van der Waals surface area contributed by atoms with Crippen molar-refractivity contribution in [2.24, 2.45) is 0 Å². The van der Waals surface area contributed by atoms with Crippen molar-refractivity contribution in [2.45, 2.75) is 6.42 Å². The topological polar surface area (TPSA) is 166 Å². The molecule has 1 saturated heterocycles. The van der Waals surface area contributed by atoms with E-state index in [4.69, 9.17) is 5.73 Å². The minimum atomic E-state index is -0.596. The fourth-order valence-electron chi connectivity index (χ4n) is 4.10. The van der Waals surface area contributed by atoms with Gasteiger partial charge in [0.2, 0.25) is 5.95 Å². The zero-order chi connectivity index (χ0) is 25.1. The van der Waals surface area contributed by atoms with Crippen molar-refractivity contribution in [1.29, 1.82) is 5.26 Å². The number of anilines is 2. The Bertz CT molecular complexity index is 1460. The number of nitrogens with one attached hydrogen (secondary N) is 3. The predicted molar refractivity (Wildman–Crippen MR) is 134 cm³/mol. The number of fused-ring (bicyclic) bond motifs is 1. The quantitative estimate of drug-likeness (QED) is 0.344. The first-order chi connectivity index (χ1) is 17.5. The van der Waals surface area contributed by atoms with Crippen LogP contribution in [0.25, 0.3) is 22.3 Å². The summed E-state index contributed by atoms with van der Waals surface area (Å²) in [5.74, 6) is -0.540. The smallest absolute Gasteiger partial charge is 0.280 e. The van der Waals surface area contributed by atoms with Crippen LogP contribution in [0.3, 0.4) is 0 Å². The normalized spacial score (nSPS) is 13.7. The van der Waals surface area contributed by atoms with Gasteiger partial charge in [-0.2, -0.15) is 5.26 Å². The molecule has 0 saturated carbocycles. The number of imidazole rings is 1. The van der Waals surface area contributed by atoms with Gasteiger partial charge >= 0.3 is 0 Å². The molecule has 2 aromatic carbocycles. The number of amides is 2. The summed E-state index contributed by atoms with van der Waals surface area (Å²) in [7, 11) is 0. The van der Waals surface area contributed by atoms with Crippen LogP contribution in [-0.2, 0) is 0 Å². The molecule has 11 nitrogen and oxygen atoms in total. The second-order valence-corrected chi connectivity index (χ2v) is 8.31. The van der Waals surface area contributed by atoms with Gasteiger partial charge in [-0.15, -0.1) is 0 Å². The molecule has 5 rings (SSSR count). The zero-order valence-corrected chi connectivity index (χ0v) is 19.3. The first-order valence-electron chi connectivity index (χ1n) is 11.5. The number of aromatic amines is 1. The van der Waals surface area contributed by atoms with Crippen LogP contribution >= 0.6 is 0 Å². The van der Waals surface area contributed by atoms with Crippen LogP contribution < -0.4 is 16.4 Å². The number of hydrogen-bond donors (Lipinski definition) is 4. The number of aromatic nitrogens is 4. The van der Waals surface area contributed by atoms with Gasteiger partial charge in [0.15, 0.2) is 11.5 Å². The summed E-state index contributed by atoms with van der Waals surface area (Å²) in [6.07, 6.45) is 2.26. The molecule has 11 heteroatoms. The average Bonchev–Trinajstić information content (AvgIpc) is 3.11. The number of para-hydroxylation sites is 2. The Morgan fingerprint density at radius 1 is 1.11 bits per heavy atom. The molecule has 0 atom stereocenters. The molecule has 0 radical (unpaired) electrons. The molecule has 3 heterocycles. The van der Waals surface area contributed by atoms with E-state index in [0.717, 1.165) is 25.0 Å². The number of carbonyl (C=O) groups excluding carboxylic acids is 2. The Morgan fingerprint density at radius 3 is 2.81 bits per heavy atom. The second-order valence-electron chi connectivity index (χ2n) is 8.31. The molecule has 2 aromatic heterocycles. The number of nitriles is 1. The van der Waals surface area contributed by atoms with Gasteiger partial charge in [0.1, 0.15) is 0 Å². The lowest BCUT2D eigenvalue weighted by atomic mass is 10.0. The molecule has 2 amide bonds. The van der Waals surface area contributed by atoms with E-state index in [1.165, 1.54) is 6.20 Å². The molecule has 0 aliphatic carbocycles. The van der Waals surface area contributed by atoms with Crippen molar-refractivity contribution in [3.63, 3.8) is 0 Å². The van der Waals surface area contributed by atoms with Crippen molar-refractivity contribution in [2.75, 3.05) is 37.2 Å². The van der Waals surface area contributed by atoms with Gasteiger partial charge in [-0.3, -0.25) is 14.9 Å². The third kappa shape index (κ3) is 4.57. The number of H-pyrrole nitrogens is 1. The van der Waals surface area contributed by atoms with Gasteiger partial charge in [0, 0.05) is 30.8 Å². The molecule has 1 aliphatic rings. The van der Waals surface area contributed by atoms with Crippen molar-refractivity contribution in [3.05, 3.63) is 65.5 Å². The van der Waals surface area contributed by atoms with Gasteiger partial charge in [-0.1, -0.05) is 18.2 Å². The highest BCUT2D eigenvalue weighted by atomic mass is 16.2. The van der Waals surface area contributed by atoms with E-state index in [2.05, 4.69) is 36.6 Å². The Kier molecular flexibility index (Phi) is 6.25. The van der Waals surface area contributed by atoms with Crippen LogP contribution in [0.4, 0.5) is 11.8 Å².